The second-order valence-corrected chi connectivity index (χ2v) is 6.36. The zero-order valence-corrected chi connectivity index (χ0v) is 14.5. The lowest BCUT2D eigenvalue weighted by Gasteiger charge is -2.25. The molecule has 0 spiro atoms. The first-order chi connectivity index (χ1) is 12.8. The van der Waals surface area contributed by atoms with E-state index in [-0.39, 0.29) is 6.79 Å². The fourth-order valence-electron chi connectivity index (χ4n) is 4.06. The number of aldehydes is 1. The van der Waals surface area contributed by atoms with E-state index in [0.29, 0.717) is 28.6 Å². The number of ether oxygens (including phenoxy) is 4. The molecular formula is C20H17NO5. The number of hydrogen-bond acceptors (Lipinski definition) is 6. The minimum absolute atomic E-state index is 0.177. The van der Waals surface area contributed by atoms with Crippen LogP contribution in [0.4, 0.5) is 5.69 Å². The van der Waals surface area contributed by atoms with Gasteiger partial charge in [0.2, 0.25) is 6.79 Å². The van der Waals surface area contributed by atoms with Crippen molar-refractivity contribution in [1.82, 2.24) is 0 Å². The molecule has 5 rings (SSSR count). The molecule has 3 aromatic rings. The first-order valence-corrected chi connectivity index (χ1v) is 8.42. The van der Waals surface area contributed by atoms with Gasteiger partial charge in [0.1, 0.15) is 0 Å². The van der Waals surface area contributed by atoms with E-state index in [9.17, 15) is 4.79 Å². The molecule has 132 valence electrons. The molecule has 0 unspecified atom stereocenters. The Morgan fingerprint density at radius 1 is 1.04 bits per heavy atom. The highest BCUT2D eigenvalue weighted by atomic mass is 16.7. The SMILES string of the molecule is COc1cc2c3c(c(C=O)c4cc5c(cc4c3c1OC)OCO5)NCC2. The molecule has 1 N–H and O–H groups in total. The van der Waals surface area contributed by atoms with Gasteiger partial charge in [0, 0.05) is 22.9 Å². The number of anilines is 1. The van der Waals surface area contributed by atoms with Crippen LogP contribution in [0.15, 0.2) is 18.2 Å². The van der Waals surface area contributed by atoms with Gasteiger partial charge in [-0.2, -0.15) is 0 Å². The third-order valence-corrected chi connectivity index (χ3v) is 5.16. The quantitative estimate of drug-likeness (QED) is 0.575. The van der Waals surface area contributed by atoms with E-state index in [2.05, 4.69) is 5.32 Å². The Bertz CT molecular complexity index is 1090. The fraction of sp³-hybridized carbons (Fsp3) is 0.250. The van der Waals surface area contributed by atoms with Crippen LogP contribution < -0.4 is 24.3 Å². The number of fused-ring (bicyclic) bond motifs is 3. The smallest absolute Gasteiger partial charge is 0.231 e. The van der Waals surface area contributed by atoms with Gasteiger partial charge in [-0.3, -0.25) is 4.79 Å². The molecule has 26 heavy (non-hydrogen) atoms. The third kappa shape index (κ3) is 1.84. The minimum Gasteiger partial charge on any atom is -0.493 e. The topological polar surface area (TPSA) is 66.0 Å². The van der Waals surface area contributed by atoms with E-state index in [1.165, 1.54) is 0 Å². The van der Waals surface area contributed by atoms with E-state index >= 15 is 0 Å². The zero-order valence-electron chi connectivity index (χ0n) is 14.5. The first-order valence-electron chi connectivity index (χ1n) is 8.42. The van der Waals surface area contributed by atoms with Crippen molar-refractivity contribution in [3.05, 3.63) is 29.3 Å². The number of nitrogens with one attached hydrogen (secondary N) is 1. The van der Waals surface area contributed by atoms with Crippen LogP contribution in [-0.4, -0.2) is 33.8 Å². The fourth-order valence-corrected chi connectivity index (χ4v) is 4.06. The molecule has 0 radical (unpaired) electrons. The highest BCUT2D eigenvalue weighted by Crippen LogP contribution is 2.50. The Labute approximate surface area is 149 Å². The Kier molecular flexibility index (Phi) is 3.16. The lowest BCUT2D eigenvalue weighted by Crippen LogP contribution is -2.14. The van der Waals surface area contributed by atoms with Crippen molar-refractivity contribution in [2.75, 3.05) is 32.9 Å². The highest BCUT2D eigenvalue weighted by molar-refractivity contribution is 6.24. The number of benzene rings is 3. The molecule has 6 nitrogen and oxygen atoms in total. The molecule has 6 heteroatoms. The summed E-state index contributed by atoms with van der Waals surface area (Å²) in [4.78, 5) is 12.0. The van der Waals surface area contributed by atoms with Crippen LogP contribution in [0.3, 0.4) is 0 Å². The Morgan fingerprint density at radius 3 is 2.50 bits per heavy atom. The lowest BCUT2D eigenvalue weighted by atomic mass is 9.88. The van der Waals surface area contributed by atoms with Crippen molar-refractivity contribution >= 4 is 33.5 Å². The van der Waals surface area contributed by atoms with E-state index in [1.54, 1.807) is 14.2 Å². The van der Waals surface area contributed by atoms with Gasteiger partial charge in [-0.15, -0.1) is 0 Å². The Morgan fingerprint density at radius 2 is 1.81 bits per heavy atom. The van der Waals surface area contributed by atoms with Gasteiger partial charge in [-0.1, -0.05) is 0 Å². The summed E-state index contributed by atoms with van der Waals surface area (Å²) in [5.41, 5.74) is 2.59. The highest BCUT2D eigenvalue weighted by Gasteiger charge is 2.27. The first kappa shape index (κ1) is 15.1. The maximum absolute atomic E-state index is 12.0. The van der Waals surface area contributed by atoms with Crippen molar-refractivity contribution in [1.29, 1.82) is 0 Å². The van der Waals surface area contributed by atoms with Crippen LogP contribution in [0.25, 0.3) is 21.5 Å². The molecule has 0 fully saturated rings. The monoisotopic (exact) mass is 351 g/mol. The van der Waals surface area contributed by atoms with Gasteiger partial charge < -0.3 is 24.3 Å². The number of carbonyl (C=O) groups excluding carboxylic acids is 1. The van der Waals surface area contributed by atoms with Gasteiger partial charge in [0.25, 0.3) is 0 Å². The van der Waals surface area contributed by atoms with Crippen molar-refractivity contribution in [3.63, 3.8) is 0 Å². The Balaban J connectivity index is 2.07. The summed E-state index contributed by atoms with van der Waals surface area (Å²) < 4.78 is 22.4. The third-order valence-electron chi connectivity index (χ3n) is 5.16. The van der Waals surface area contributed by atoms with Crippen LogP contribution in [0.1, 0.15) is 15.9 Å². The average Bonchev–Trinajstić information content (AvgIpc) is 3.13. The molecule has 2 aliphatic rings. The molecule has 0 bridgehead atoms. The molecule has 0 atom stereocenters. The number of methoxy groups -OCH3 is 2. The summed E-state index contributed by atoms with van der Waals surface area (Å²) in [7, 11) is 3.26. The molecule has 3 aromatic carbocycles. The second kappa shape index (κ2) is 5.42. The molecular weight excluding hydrogens is 334 g/mol. The van der Waals surface area contributed by atoms with Gasteiger partial charge in [0.05, 0.1) is 19.9 Å². The van der Waals surface area contributed by atoms with E-state index in [0.717, 1.165) is 52.0 Å². The number of hydrogen-bond donors (Lipinski definition) is 1. The Hall–Kier alpha value is -3.15. The predicted molar refractivity (Wildman–Crippen MR) is 98.3 cm³/mol. The number of rotatable bonds is 3. The molecule has 0 aliphatic carbocycles. The minimum atomic E-state index is 0.177. The lowest BCUT2D eigenvalue weighted by molar-refractivity contribution is 0.112. The molecule has 2 heterocycles. The summed E-state index contributed by atoms with van der Waals surface area (Å²) in [5.74, 6) is 2.64. The van der Waals surface area contributed by atoms with Crippen molar-refractivity contribution < 1.29 is 23.7 Å². The van der Waals surface area contributed by atoms with Crippen molar-refractivity contribution in [3.8, 4) is 23.0 Å². The van der Waals surface area contributed by atoms with Gasteiger partial charge in [-0.25, -0.2) is 0 Å². The van der Waals surface area contributed by atoms with Gasteiger partial charge in [-0.05, 0) is 41.0 Å². The molecule has 0 aromatic heterocycles. The van der Waals surface area contributed by atoms with Crippen LogP contribution >= 0.6 is 0 Å². The average molecular weight is 351 g/mol. The molecule has 0 saturated heterocycles. The normalized spacial score (nSPS) is 14.4. The second-order valence-electron chi connectivity index (χ2n) is 6.36. The molecule has 0 saturated carbocycles. The zero-order chi connectivity index (χ0) is 17.8. The summed E-state index contributed by atoms with van der Waals surface area (Å²) >= 11 is 0. The molecule has 0 amide bonds. The maximum Gasteiger partial charge on any atom is 0.231 e. The van der Waals surface area contributed by atoms with Crippen molar-refractivity contribution in [2.45, 2.75) is 6.42 Å². The summed E-state index contributed by atoms with van der Waals surface area (Å²) in [6.07, 6.45) is 1.75. The van der Waals surface area contributed by atoms with Crippen molar-refractivity contribution in [2.24, 2.45) is 0 Å². The van der Waals surface area contributed by atoms with Crippen LogP contribution in [0.5, 0.6) is 23.0 Å². The molecule has 2 aliphatic heterocycles. The van der Waals surface area contributed by atoms with E-state index in [4.69, 9.17) is 18.9 Å². The maximum atomic E-state index is 12.0. The van der Waals surface area contributed by atoms with E-state index in [1.807, 2.05) is 18.2 Å². The van der Waals surface area contributed by atoms with Crippen LogP contribution in [0, 0.1) is 0 Å². The van der Waals surface area contributed by atoms with E-state index < -0.39 is 0 Å². The predicted octanol–water partition coefficient (Wildman–Crippen LogP) is 3.52. The summed E-state index contributed by atoms with van der Waals surface area (Å²) in [6.45, 7) is 0.936. The number of carbonyl (C=O) groups is 1. The summed E-state index contributed by atoms with van der Waals surface area (Å²) in [5, 5.41) is 7.01. The standard InChI is InChI=1S/C20H17NO5/c1-23-16-5-10-3-4-21-19-13(8-22)11-6-14-15(26-9-25-14)7-12(11)18(17(10)19)20(16)24-2/h5-8,21H,3-4,9H2,1-2H3. The van der Waals surface area contributed by atoms with Crippen LogP contribution in [0.2, 0.25) is 0 Å². The largest absolute Gasteiger partial charge is 0.493 e. The van der Waals surface area contributed by atoms with Gasteiger partial charge in [0.15, 0.2) is 29.3 Å². The summed E-state index contributed by atoms with van der Waals surface area (Å²) in [6, 6.07) is 5.79. The van der Waals surface area contributed by atoms with Crippen LogP contribution in [-0.2, 0) is 6.42 Å². The van der Waals surface area contributed by atoms with Gasteiger partial charge >= 0.3 is 0 Å².